The predicted molar refractivity (Wildman–Crippen MR) is 192 cm³/mol. The Kier molecular flexibility index (Phi) is 16.2. The molecule has 0 spiro atoms. The lowest BCUT2D eigenvalue weighted by Crippen LogP contribution is -2.20. The van der Waals surface area contributed by atoms with Gasteiger partial charge in [-0.1, -0.05) is 60.0 Å². The van der Waals surface area contributed by atoms with E-state index in [-0.39, 0.29) is 23.6 Å². The van der Waals surface area contributed by atoms with Crippen molar-refractivity contribution < 1.29 is 37.9 Å². The first-order valence-electron chi connectivity index (χ1n) is 16.0. The maximum Gasteiger partial charge on any atom is 0.332 e. The van der Waals surface area contributed by atoms with Crippen LogP contribution in [0.3, 0.4) is 0 Å². The molecule has 5 rings (SSSR count). The van der Waals surface area contributed by atoms with Crippen molar-refractivity contribution in [3.8, 4) is 35.1 Å². The van der Waals surface area contributed by atoms with Gasteiger partial charge in [-0.15, -0.1) is 0 Å². The SMILES string of the molecule is CCC(OC)C(=O)O.CCC(OC)c1nc(-c2ccc(C#Cc3cccc(F)c3)cc2)no1.N/C(=N\O)c1ccc(C#Cc2cccc(F)c2)cc1. The molecule has 2 atom stereocenters. The molecule has 52 heavy (non-hydrogen) atoms. The Morgan fingerprint density at radius 3 is 1.73 bits per heavy atom. The van der Waals surface area contributed by atoms with Gasteiger partial charge in [0.15, 0.2) is 11.9 Å². The fraction of sp³-hybridized carbons (Fsp3) is 0.200. The van der Waals surface area contributed by atoms with E-state index in [0.717, 1.165) is 23.1 Å². The van der Waals surface area contributed by atoms with Gasteiger partial charge >= 0.3 is 5.97 Å². The molecule has 0 aliphatic rings. The molecule has 0 saturated heterocycles. The number of aromatic nitrogens is 2. The molecule has 0 saturated carbocycles. The van der Waals surface area contributed by atoms with E-state index in [1.807, 2.05) is 31.2 Å². The molecule has 5 aromatic rings. The summed E-state index contributed by atoms with van der Waals surface area (Å²) in [5.74, 6) is 11.2. The number of methoxy groups -OCH3 is 2. The van der Waals surface area contributed by atoms with Gasteiger partial charge in [0.1, 0.15) is 17.7 Å². The number of oxime groups is 1. The Bertz CT molecular complexity index is 2030. The van der Waals surface area contributed by atoms with Gasteiger partial charge in [0.2, 0.25) is 5.82 Å². The molecule has 0 aliphatic carbocycles. The molecule has 0 amide bonds. The van der Waals surface area contributed by atoms with Gasteiger partial charge in [-0.2, -0.15) is 4.98 Å². The van der Waals surface area contributed by atoms with E-state index in [0.29, 0.717) is 34.8 Å². The third kappa shape index (κ3) is 12.8. The summed E-state index contributed by atoms with van der Waals surface area (Å²) in [5.41, 5.74) is 9.72. The van der Waals surface area contributed by atoms with Crippen LogP contribution in [0, 0.1) is 35.3 Å². The molecule has 0 fully saturated rings. The maximum absolute atomic E-state index is 13.1. The van der Waals surface area contributed by atoms with Gasteiger partial charge in [0.25, 0.3) is 5.89 Å². The minimum atomic E-state index is -0.894. The van der Waals surface area contributed by atoms with E-state index in [9.17, 15) is 13.6 Å². The number of hydrogen-bond acceptors (Lipinski definition) is 8. The number of nitrogens with two attached hydrogens (primary N) is 1. The monoisotopic (exact) mass is 708 g/mol. The van der Waals surface area contributed by atoms with Crippen molar-refractivity contribution in [1.29, 1.82) is 0 Å². The topological polar surface area (TPSA) is 153 Å². The van der Waals surface area contributed by atoms with Crippen LogP contribution in [0.4, 0.5) is 8.78 Å². The van der Waals surface area contributed by atoms with Crippen LogP contribution in [0.25, 0.3) is 11.4 Å². The fourth-order valence-electron chi connectivity index (χ4n) is 4.27. The molecule has 4 N–H and O–H groups in total. The largest absolute Gasteiger partial charge is 0.479 e. The molecule has 1 heterocycles. The quantitative estimate of drug-likeness (QED) is 0.0500. The van der Waals surface area contributed by atoms with E-state index < -0.39 is 12.1 Å². The number of nitrogens with zero attached hydrogens (tertiary/aromatic N) is 3. The summed E-state index contributed by atoms with van der Waals surface area (Å²) in [6, 6.07) is 26.7. The van der Waals surface area contributed by atoms with Crippen molar-refractivity contribution in [1.82, 2.24) is 10.1 Å². The fourth-order valence-corrected chi connectivity index (χ4v) is 4.27. The molecule has 268 valence electrons. The Labute approximate surface area is 300 Å². The second-order valence-corrected chi connectivity index (χ2v) is 10.7. The molecule has 0 aliphatic heterocycles. The first-order chi connectivity index (χ1) is 25.1. The maximum atomic E-state index is 13.1. The number of hydrogen-bond donors (Lipinski definition) is 3. The van der Waals surface area contributed by atoms with Crippen molar-refractivity contribution in [3.05, 3.63) is 142 Å². The van der Waals surface area contributed by atoms with Crippen molar-refractivity contribution in [2.45, 2.75) is 38.9 Å². The number of carboxylic acid groups (broad SMARTS) is 1. The Balaban J connectivity index is 0.000000238. The molecule has 2 unspecified atom stereocenters. The van der Waals surface area contributed by atoms with Crippen LogP contribution in [-0.4, -0.2) is 52.6 Å². The molecule has 12 heteroatoms. The highest BCUT2D eigenvalue weighted by Gasteiger charge is 2.17. The third-order valence-corrected chi connectivity index (χ3v) is 7.09. The first kappa shape index (κ1) is 40.1. The summed E-state index contributed by atoms with van der Waals surface area (Å²) in [7, 11) is 3.01. The highest BCUT2D eigenvalue weighted by atomic mass is 19.1. The summed E-state index contributed by atoms with van der Waals surface area (Å²) < 4.78 is 41.2. The number of carboxylic acids is 1. The van der Waals surface area contributed by atoms with Crippen molar-refractivity contribution in [2.75, 3.05) is 14.2 Å². The highest BCUT2D eigenvalue weighted by molar-refractivity contribution is 5.97. The Hall–Kier alpha value is -6.34. The zero-order chi connectivity index (χ0) is 37.9. The molecule has 0 radical (unpaired) electrons. The number of rotatable bonds is 8. The average Bonchev–Trinajstić information content (AvgIpc) is 3.65. The standard InChI is InChI=1S/C20H17FN2O2.C15H11FN2O.C5H10O3/c1-3-18(24-2)20-22-19(23-25-20)16-11-9-14(10-12-16)7-8-15-5-4-6-17(21)13-15;16-14-3-1-2-12(10-14)5-4-11-6-8-13(9-7-11)15(17)18-19;1-3-4(8-2)5(6)7/h4-6,9-13,18H,3H2,1-2H3;1-3,6-10,19H,(H2,17,18);4H,3H2,1-2H3,(H,6,7). The summed E-state index contributed by atoms with van der Waals surface area (Å²) in [6.45, 7) is 3.76. The van der Waals surface area contributed by atoms with Crippen LogP contribution < -0.4 is 5.73 Å². The average molecular weight is 709 g/mol. The van der Waals surface area contributed by atoms with E-state index in [1.54, 1.807) is 62.6 Å². The number of benzene rings is 4. The van der Waals surface area contributed by atoms with Crippen LogP contribution >= 0.6 is 0 Å². The van der Waals surface area contributed by atoms with Crippen molar-refractivity contribution in [3.63, 3.8) is 0 Å². The van der Waals surface area contributed by atoms with Gasteiger partial charge in [-0.05, 0) is 97.8 Å². The van der Waals surface area contributed by atoms with Crippen LogP contribution in [0.5, 0.6) is 0 Å². The lowest BCUT2D eigenvalue weighted by Gasteiger charge is -2.05. The molecule has 4 aromatic carbocycles. The van der Waals surface area contributed by atoms with Gasteiger partial charge in [0, 0.05) is 47.6 Å². The molecular weight excluding hydrogens is 670 g/mol. The van der Waals surface area contributed by atoms with E-state index in [2.05, 4.69) is 43.7 Å². The van der Waals surface area contributed by atoms with E-state index >= 15 is 0 Å². The minimum absolute atomic E-state index is 0.0460. The van der Waals surface area contributed by atoms with Crippen LogP contribution in [0.2, 0.25) is 0 Å². The number of ether oxygens (including phenoxy) is 2. The highest BCUT2D eigenvalue weighted by Crippen LogP contribution is 2.22. The normalized spacial score (nSPS) is 11.5. The lowest BCUT2D eigenvalue weighted by molar-refractivity contribution is -0.148. The molecule has 10 nitrogen and oxygen atoms in total. The van der Waals surface area contributed by atoms with Crippen LogP contribution in [0.15, 0.2) is 107 Å². The first-order valence-corrected chi connectivity index (χ1v) is 16.0. The van der Waals surface area contributed by atoms with Gasteiger partial charge in [-0.25, -0.2) is 13.6 Å². The summed E-state index contributed by atoms with van der Waals surface area (Å²) in [4.78, 5) is 14.4. The van der Waals surface area contributed by atoms with E-state index in [1.165, 1.54) is 31.4 Å². The predicted octanol–water partition coefficient (Wildman–Crippen LogP) is 7.19. The van der Waals surface area contributed by atoms with Crippen LogP contribution in [-0.2, 0) is 14.3 Å². The number of amidine groups is 1. The number of carbonyl (C=O) groups is 1. The lowest BCUT2D eigenvalue weighted by atomic mass is 10.1. The van der Waals surface area contributed by atoms with Crippen molar-refractivity contribution >= 4 is 11.8 Å². The summed E-state index contributed by atoms with van der Waals surface area (Å²) >= 11 is 0. The Morgan fingerprint density at radius 2 is 1.33 bits per heavy atom. The van der Waals surface area contributed by atoms with Crippen LogP contribution in [0.1, 0.15) is 66.5 Å². The van der Waals surface area contributed by atoms with Gasteiger partial charge in [0.05, 0.1) is 0 Å². The minimum Gasteiger partial charge on any atom is -0.479 e. The summed E-state index contributed by atoms with van der Waals surface area (Å²) in [6.07, 6.45) is 0.450. The molecule has 0 bridgehead atoms. The number of halogens is 2. The zero-order valence-electron chi connectivity index (χ0n) is 29.0. The molecular formula is C40H38F2N4O6. The smallest absolute Gasteiger partial charge is 0.332 e. The van der Waals surface area contributed by atoms with E-state index in [4.69, 9.17) is 25.3 Å². The Morgan fingerprint density at radius 1 is 0.808 bits per heavy atom. The molecule has 1 aromatic heterocycles. The van der Waals surface area contributed by atoms with Crippen molar-refractivity contribution in [2.24, 2.45) is 10.9 Å². The van der Waals surface area contributed by atoms with Gasteiger partial charge < -0.3 is 30.0 Å². The van der Waals surface area contributed by atoms with Gasteiger partial charge in [-0.3, -0.25) is 0 Å². The summed E-state index contributed by atoms with van der Waals surface area (Å²) in [5, 5.41) is 23.7. The third-order valence-electron chi connectivity index (χ3n) is 7.09. The zero-order valence-corrected chi connectivity index (χ0v) is 29.0. The second kappa shape index (κ2) is 21.0. The second-order valence-electron chi connectivity index (χ2n) is 10.7. The number of aliphatic carboxylic acids is 1.